The molecule has 0 amide bonds. The summed E-state index contributed by atoms with van der Waals surface area (Å²) >= 11 is 0. The average molecular weight is 256 g/mol. The van der Waals surface area contributed by atoms with Crippen molar-refractivity contribution in [1.29, 1.82) is 0 Å². The standard InChI is InChI=1S/C15H32N2O/c1-3-5-12-18-13-11-17(10-4-2)15(14-16)8-6-7-9-15/h3-14,16H2,1-2H3. The lowest BCUT2D eigenvalue weighted by atomic mass is 9.95. The third kappa shape index (κ3) is 4.52. The summed E-state index contributed by atoms with van der Waals surface area (Å²) in [7, 11) is 0. The normalized spacial score (nSPS) is 18.7. The monoisotopic (exact) mass is 256 g/mol. The van der Waals surface area contributed by atoms with E-state index in [4.69, 9.17) is 10.5 Å². The second-order valence-electron chi connectivity index (χ2n) is 5.59. The molecule has 1 rings (SSSR count). The molecule has 108 valence electrons. The van der Waals surface area contributed by atoms with E-state index in [0.717, 1.165) is 32.8 Å². The predicted molar refractivity (Wildman–Crippen MR) is 77.8 cm³/mol. The number of nitrogens with zero attached hydrogens (tertiary/aromatic N) is 1. The van der Waals surface area contributed by atoms with Crippen LogP contribution in [0.2, 0.25) is 0 Å². The van der Waals surface area contributed by atoms with Crippen molar-refractivity contribution in [3.63, 3.8) is 0 Å². The smallest absolute Gasteiger partial charge is 0.0593 e. The lowest BCUT2D eigenvalue weighted by Gasteiger charge is -2.40. The van der Waals surface area contributed by atoms with Crippen LogP contribution in [0.4, 0.5) is 0 Å². The third-order valence-electron chi connectivity index (χ3n) is 4.23. The maximum Gasteiger partial charge on any atom is 0.0593 e. The molecule has 1 aliphatic carbocycles. The molecule has 3 heteroatoms. The van der Waals surface area contributed by atoms with Crippen LogP contribution in [0.1, 0.15) is 58.8 Å². The van der Waals surface area contributed by atoms with Gasteiger partial charge in [-0.2, -0.15) is 0 Å². The van der Waals surface area contributed by atoms with E-state index in [-0.39, 0.29) is 5.54 Å². The van der Waals surface area contributed by atoms with Gasteiger partial charge < -0.3 is 10.5 Å². The van der Waals surface area contributed by atoms with Crippen molar-refractivity contribution >= 4 is 0 Å². The largest absolute Gasteiger partial charge is 0.380 e. The van der Waals surface area contributed by atoms with Crippen molar-refractivity contribution in [1.82, 2.24) is 4.90 Å². The van der Waals surface area contributed by atoms with Crippen molar-refractivity contribution < 1.29 is 4.74 Å². The lowest BCUT2D eigenvalue weighted by molar-refractivity contribution is 0.0463. The van der Waals surface area contributed by atoms with Crippen LogP contribution in [-0.2, 0) is 4.74 Å². The molecule has 2 N–H and O–H groups in total. The Hall–Kier alpha value is -0.120. The van der Waals surface area contributed by atoms with Crippen LogP contribution in [0, 0.1) is 0 Å². The highest BCUT2D eigenvalue weighted by atomic mass is 16.5. The van der Waals surface area contributed by atoms with Gasteiger partial charge in [-0.25, -0.2) is 0 Å². The molecule has 0 radical (unpaired) electrons. The minimum absolute atomic E-state index is 0.282. The first-order valence-corrected chi connectivity index (χ1v) is 7.82. The molecule has 0 saturated heterocycles. The summed E-state index contributed by atoms with van der Waals surface area (Å²) < 4.78 is 5.72. The molecular formula is C15H32N2O. The van der Waals surface area contributed by atoms with Crippen molar-refractivity contribution in [3.05, 3.63) is 0 Å². The molecule has 0 atom stereocenters. The minimum atomic E-state index is 0.282. The second kappa shape index (κ2) is 8.89. The summed E-state index contributed by atoms with van der Waals surface area (Å²) in [5.41, 5.74) is 6.35. The first-order valence-electron chi connectivity index (χ1n) is 7.82. The van der Waals surface area contributed by atoms with E-state index in [1.54, 1.807) is 0 Å². The summed E-state index contributed by atoms with van der Waals surface area (Å²) in [6.45, 7) is 9.25. The van der Waals surface area contributed by atoms with E-state index in [0.29, 0.717) is 0 Å². The van der Waals surface area contributed by atoms with E-state index in [1.165, 1.54) is 44.9 Å². The Morgan fingerprint density at radius 3 is 2.33 bits per heavy atom. The molecule has 0 unspecified atom stereocenters. The molecule has 1 aliphatic rings. The quantitative estimate of drug-likeness (QED) is 0.611. The maximum absolute atomic E-state index is 6.07. The van der Waals surface area contributed by atoms with Gasteiger partial charge in [-0.05, 0) is 32.2 Å². The molecule has 0 heterocycles. The SMILES string of the molecule is CCCCOCCN(CCC)C1(CN)CCCC1. The van der Waals surface area contributed by atoms with Gasteiger partial charge in [0.2, 0.25) is 0 Å². The Bertz CT molecular complexity index is 203. The molecule has 1 saturated carbocycles. The van der Waals surface area contributed by atoms with E-state index in [2.05, 4.69) is 18.7 Å². The molecule has 0 bridgehead atoms. The fraction of sp³-hybridized carbons (Fsp3) is 1.00. The second-order valence-corrected chi connectivity index (χ2v) is 5.59. The number of rotatable bonds is 10. The number of ether oxygens (including phenoxy) is 1. The van der Waals surface area contributed by atoms with Crippen molar-refractivity contribution in [2.45, 2.75) is 64.3 Å². The van der Waals surface area contributed by atoms with Gasteiger partial charge in [0.1, 0.15) is 0 Å². The van der Waals surface area contributed by atoms with E-state index >= 15 is 0 Å². The van der Waals surface area contributed by atoms with E-state index in [9.17, 15) is 0 Å². The first-order chi connectivity index (χ1) is 8.79. The van der Waals surface area contributed by atoms with Crippen LogP contribution in [0.25, 0.3) is 0 Å². The molecule has 0 aliphatic heterocycles. The Labute approximate surface area is 113 Å². The number of nitrogens with two attached hydrogens (primary N) is 1. The van der Waals surface area contributed by atoms with Gasteiger partial charge in [0.25, 0.3) is 0 Å². The van der Waals surface area contributed by atoms with Gasteiger partial charge in [-0.1, -0.05) is 33.1 Å². The van der Waals surface area contributed by atoms with Gasteiger partial charge in [0.05, 0.1) is 6.61 Å². The fourth-order valence-electron chi connectivity index (χ4n) is 3.06. The molecule has 0 aromatic heterocycles. The van der Waals surface area contributed by atoms with Gasteiger partial charge in [-0.3, -0.25) is 4.90 Å². The Morgan fingerprint density at radius 1 is 1.06 bits per heavy atom. The number of unbranched alkanes of at least 4 members (excludes halogenated alkanes) is 1. The van der Waals surface area contributed by atoms with Crippen LogP contribution in [0.15, 0.2) is 0 Å². The zero-order chi connectivity index (χ0) is 13.3. The van der Waals surface area contributed by atoms with Gasteiger partial charge in [0.15, 0.2) is 0 Å². The third-order valence-corrected chi connectivity index (χ3v) is 4.23. The molecule has 3 nitrogen and oxygen atoms in total. The minimum Gasteiger partial charge on any atom is -0.380 e. The highest BCUT2D eigenvalue weighted by Crippen LogP contribution is 2.34. The van der Waals surface area contributed by atoms with Crippen LogP contribution in [0.3, 0.4) is 0 Å². The van der Waals surface area contributed by atoms with Crippen LogP contribution < -0.4 is 5.73 Å². The highest BCUT2D eigenvalue weighted by Gasteiger charge is 2.37. The first kappa shape index (κ1) is 15.9. The zero-order valence-electron chi connectivity index (χ0n) is 12.4. The van der Waals surface area contributed by atoms with Gasteiger partial charge in [-0.15, -0.1) is 0 Å². The summed E-state index contributed by atoms with van der Waals surface area (Å²) in [6.07, 6.45) is 8.83. The van der Waals surface area contributed by atoms with E-state index < -0.39 is 0 Å². The molecule has 18 heavy (non-hydrogen) atoms. The van der Waals surface area contributed by atoms with Gasteiger partial charge in [0, 0.05) is 25.2 Å². The van der Waals surface area contributed by atoms with Crippen LogP contribution >= 0.6 is 0 Å². The Kier molecular flexibility index (Phi) is 7.87. The van der Waals surface area contributed by atoms with Crippen molar-refractivity contribution in [2.75, 3.05) is 32.8 Å². The van der Waals surface area contributed by atoms with Gasteiger partial charge >= 0.3 is 0 Å². The average Bonchev–Trinajstić information content (AvgIpc) is 2.87. The predicted octanol–water partition coefficient (Wildman–Crippen LogP) is 2.79. The maximum atomic E-state index is 6.07. The zero-order valence-corrected chi connectivity index (χ0v) is 12.4. The lowest BCUT2D eigenvalue weighted by Crippen LogP contribution is -2.53. The molecule has 0 spiro atoms. The van der Waals surface area contributed by atoms with Crippen molar-refractivity contribution in [2.24, 2.45) is 5.73 Å². The van der Waals surface area contributed by atoms with Crippen LogP contribution in [0.5, 0.6) is 0 Å². The van der Waals surface area contributed by atoms with E-state index in [1.807, 2.05) is 0 Å². The molecule has 1 fully saturated rings. The summed E-state index contributed by atoms with van der Waals surface area (Å²) in [4.78, 5) is 2.60. The topological polar surface area (TPSA) is 38.5 Å². The fourth-order valence-corrected chi connectivity index (χ4v) is 3.06. The van der Waals surface area contributed by atoms with Crippen LogP contribution in [-0.4, -0.2) is 43.3 Å². The Morgan fingerprint density at radius 2 is 1.78 bits per heavy atom. The summed E-state index contributed by atoms with van der Waals surface area (Å²) in [5.74, 6) is 0. The highest BCUT2D eigenvalue weighted by molar-refractivity contribution is 4.95. The number of hydrogen-bond donors (Lipinski definition) is 1. The summed E-state index contributed by atoms with van der Waals surface area (Å²) in [6, 6.07) is 0. The van der Waals surface area contributed by atoms with Crippen molar-refractivity contribution in [3.8, 4) is 0 Å². The molecule has 0 aromatic carbocycles. The molecule has 0 aromatic rings. The number of hydrogen-bond acceptors (Lipinski definition) is 3. The Balaban J connectivity index is 2.38. The molecular weight excluding hydrogens is 224 g/mol. The summed E-state index contributed by atoms with van der Waals surface area (Å²) in [5, 5.41) is 0.